The predicted octanol–water partition coefficient (Wildman–Crippen LogP) is 2.41. The van der Waals surface area contributed by atoms with Crippen molar-refractivity contribution in [2.24, 2.45) is 5.41 Å². The topological polar surface area (TPSA) is 94.8 Å². The van der Waals surface area contributed by atoms with Crippen LogP contribution in [0.4, 0.5) is 19.1 Å². The lowest BCUT2D eigenvalue weighted by atomic mass is 9.65. The smallest absolute Gasteiger partial charge is 0.387 e. The van der Waals surface area contributed by atoms with Crippen LogP contribution in [-0.2, 0) is 11.3 Å². The van der Waals surface area contributed by atoms with Crippen LogP contribution in [0.2, 0.25) is 0 Å². The second-order valence-electron chi connectivity index (χ2n) is 11.2. The number of aliphatic hydroxyl groups is 1. The molecule has 1 unspecified atom stereocenters. The Morgan fingerprint density at radius 1 is 1.11 bits per heavy atom. The van der Waals surface area contributed by atoms with Gasteiger partial charge in [-0.2, -0.15) is 13.2 Å². The maximum atomic E-state index is 13.4. The van der Waals surface area contributed by atoms with E-state index in [-0.39, 0.29) is 31.6 Å². The van der Waals surface area contributed by atoms with E-state index in [1.54, 1.807) is 18.5 Å². The number of hydrogen-bond donors (Lipinski definition) is 1. The largest absolute Gasteiger partial charge is 0.389 e. The molecule has 1 spiro atoms. The van der Waals surface area contributed by atoms with Gasteiger partial charge in [0.25, 0.3) is 5.56 Å². The quantitative estimate of drug-likeness (QED) is 0.627. The summed E-state index contributed by atoms with van der Waals surface area (Å²) in [6, 6.07) is 1.76. The normalized spacial score (nSPS) is 24.4. The highest BCUT2D eigenvalue weighted by molar-refractivity contribution is 5.77. The van der Waals surface area contributed by atoms with Crippen LogP contribution in [0.5, 0.6) is 0 Å². The van der Waals surface area contributed by atoms with Crippen LogP contribution < -0.4 is 10.5 Å². The Bertz CT molecular complexity index is 1240. The summed E-state index contributed by atoms with van der Waals surface area (Å²) in [5.41, 5.74) is -1.67. The van der Waals surface area contributed by atoms with E-state index in [0.29, 0.717) is 29.7 Å². The molecule has 2 saturated heterocycles. The second-order valence-corrected chi connectivity index (χ2v) is 11.2. The van der Waals surface area contributed by atoms with Crippen LogP contribution in [0.3, 0.4) is 0 Å². The van der Waals surface area contributed by atoms with Gasteiger partial charge >= 0.3 is 6.18 Å². The number of likely N-dealkylation sites (tertiary alicyclic amines) is 1. The molecule has 4 heterocycles. The molecule has 3 aliphatic rings. The lowest BCUT2D eigenvalue weighted by molar-refractivity contribution is -0.166. The Kier molecular flexibility index (Phi) is 7.14. The van der Waals surface area contributed by atoms with E-state index in [1.165, 1.54) is 9.47 Å². The number of alkyl halides is 3. The first-order valence-electron chi connectivity index (χ1n) is 13.4. The number of aromatic nitrogens is 3. The Labute approximate surface area is 219 Å². The van der Waals surface area contributed by atoms with Crippen molar-refractivity contribution >= 4 is 22.8 Å². The lowest BCUT2D eigenvalue weighted by Gasteiger charge is -2.52. The van der Waals surface area contributed by atoms with Gasteiger partial charge in [-0.1, -0.05) is 12.8 Å². The molecule has 2 aromatic rings. The van der Waals surface area contributed by atoms with Crippen LogP contribution in [-0.4, -0.2) is 93.4 Å². The van der Waals surface area contributed by atoms with Crippen molar-refractivity contribution in [2.75, 3.05) is 51.2 Å². The third kappa shape index (κ3) is 5.25. The monoisotopic (exact) mass is 536 g/mol. The van der Waals surface area contributed by atoms with Gasteiger partial charge in [0.1, 0.15) is 0 Å². The highest BCUT2D eigenvalue weighted by Crippen LogP contribution is 2.51. The number of nitrogens with zero attached hydrogens (tertiary/aromatic N) is 6. The molecule has 12 heteroatoms. The second kappa shape index (κ2) is 10.1. The van der Waals surface area contributed by atoms with Crippen molar-refractivity contribution < 1.29 is 23.1 Å². The van der Waals surface area contributed by atoms with Crippen molar-refractivity contribution in [1.29, 1.82) is 0 Å². The Hall–Kier alpha value is -2.73. The van der Waals surface area contributed by atoms with E-state index in [4.69, 9.17) is 0 Å². The summed E-state index contributed by atoms with van der Waals surface area (Å²) in [5, 5.41) is 12.3. The zero-order valence-corrected chi connectivity index (χ0v) is 21.7. The van der Waals surface area contributed by atoms with Gasteiger partial charge in [0, 0.05) is 63.5 Å². The molecule has 3 fully saturated rings. The zero-order valence-electron chi connectivity index (χ0n) is 21.7. The number of carbonyl (C=O) groups is 1. The van der Waals surface area contributed by atoms with Crippen LogP contribution in [0.1, 0.15) is 44.9 Å². The fourth-order valence-corrected chi connectivity index (χ4v) is 6.34. The molecule has 1 saturated carbocycles. The Morgan fingerprint density at radius 2 is 1.82 bits per heavy atom. The summed E-state index contributed by atoms with van der Waals surface area (Å²) in [4.78, 5) is 40.9. The fraction of sp³-hybridized carbons (Fsp3) is 0.692. The standard InChI is InChI=1S/C26H35F3N6O3/c1-32-12-14-33(15-13-32)23-30-16-19-20(31-23)5-10-35(22(19)37)18-25(38)9-11-34(17-24(25)6-2-3-7-24)21(36)4-8-26(27,28)29/h5,10,16,38H,2-4,6-9,11-15,17-18H2,1H3. The third-order valence-corrected chi connectivity index (χ3v) is 8.74. The first kappa shape index (κ1) is 26.9. The van der Waals surface area contributed by atoms with Gasteiger partial charge in [-0.25, -0.2) is 9.97 Å². The van der Waals surface area contributed by atoms with Crippen LogP contribution in [0.15, 0.2) is 23.3 Å². The molecule has 0 radical (unpaired) electrons. The molecule has 38 heavy (non-hydrogen) atoms. The maximum Gasteiger partial charge on any atom is 0.389 e. The summed E-state index contributed by atoms with van der Waals surface area (Å²) in [5.74, 6) is 0.0562. The Balaban J connectivity index is 1.35. The highest BCUT2D eigenvalue weighted by Gasteiger charge is 2.55. The highest BCUT2D eigenvalue weighted by atomic mass is 19.4. The molecule has 208 valence electrons. The first-order valence-corrected chi connectivity index (χ1v) is 13.4. The number of rotatable bonds is 5. The van der Waals surface area contributed by atoms with E-state index in [1.807, 2.05) is 0 Å². The van der Waals surface area contributed by atoms with E-state index < -0.39 is 35.9 Å². The van der Waals surface area contributed by atoms with Crippen LogP contribution in [0.25, 0.3) is 10.9 Å². The van der Waals surface area contributed by atoms with Crippen LogP contribution in [0, 0.1) is 5.41 Å². The molecule has 2 aromatic heterocycles. The predicted molar refractivity (Wildman–Crippen MR) is 136 cm³/mol. The van der Waals surface area contributed by atoms with E-state index >= 15 is 0 Å². The van der Waals surface area contributed by atoms with Crippen LogP contribution >= 0.6 is 0 Å². The molecular formula is C26H35F3N6O3. The number of halogens is 3. The minimum atomic E-state index is -4.39. The van der Waals surface area contributed by atoms with Gasteiger partial charge in [0.15, 0.2) is 0 Å². The number of pyridine rings is 1. The third-order valence-electron chi connectivity index (χ3n) is 8.74. The average Bonchev–Trinajstić information content (AvgIpc) is 3.36. The SMILES string of the molecule is CN1CCN(c2ncc3c(=O)n(CC4(O)CCN(C(=O)CCC(F)(F)F)CC45CCCC5)ccc3n2)CC1. The number of hydrogen-bond acceptors (Lipinski definition) is 7. The molecule has 0 bridgehead atoms. The molecule has 2 aliphatic heterocycles. The van der Waals surface area contributed by atoms with Gasteiger partial charge in [0.2, 0.25) is 11.9 Å². The number of carbonyl (C=O) groups excluding carboxylic acids is 1. The van der Waals surface area contributed by atoms with Gasteiger partial charge in [-0.15, -0.1) is 0 Å². The fourth-order valence-electron chi connectivity index (χ4n) is 6.34. The maximum absolute atomic E-state index is 13.4. The van der Waals surface area contributed by atoms with Crippen molar-refractivity contribution in [2.45, 2.75) is 63.3 Å². The summed E-state index contributed by atoms with van der Waals surface area (Å²) in [7, 11) is 2.07. The Morgan fingerprint density at radius 3 is 2.50 bits per heavy atom. The van der Waals surface area contributed by atoms with Gasteiger partial charge < -0.3 is 24.4 Å². The zero-order chi connectivity index (χ0) is 27.1. The number of amides is 1. The summed E-state index contributed by atoms with van der Waals surface area (Å²) >= 11 is 0. The summed E-state index contributed by atoms with van der Waals surface area (Å²) in [6.45, 7) is 3.86. The van der Waals surface area contributed by atoms with Crippen molar-refractivity contribution in [1.82, 2.24) is 24.3 Å². The summed E-state index contributed by atoms with van der Waals surface area (Å²) in [6.07, 6.45) is 0.323. The molecule has 1 aliphatic carbocycles. The number of anilines is 1. The van der Waals surface area contributed by atoms with Crippen molar-refractivity contribution in [3.63, 3.8) is 0 Å². The molecule has 1 atom stereocenters. The minimum Gasteiger partial charge on any atom is -0.387 e. The lowest BCUT2D eigenvalue weighted by Crippen LogP contribution is -2.62. The summed E-state index contributed by atoms with van der Waals surface area (Å²) < 4.78 is 39.5. The average molecular weight is 537 g/mol. The molecule has 1 amide bonds. The van der Waals surface area contributed by atoms with E-state index in [2.05, 4.69) is 26.8 Å². The van der Waals surface area contributed by atoms with E-state index in [9.17, 15) is 27.9 Å². The number of piperidine rings is 1. The minimum absolute atomic E-state index is 0.0482. The van der Waals surface area contributed by atoms with Gasteiger partial charge in [0.05, 0.1) is 29.5 Å². The molecule has 9 nitrogen and oxygen atoms in total. The molecule has 5 rings (SSSR count). The molecular weight excluding hydrogens is 501 g/mol. The number of piperazine rings is 1. The van der Waals surface area contributed by atoms with Gasteiger partial charge in [-0.05, 0) is 32.4 Å². The molecule has 1 N–H and O–H groups in total. The first-order chi connectivity index (χ1) is 18.0. The number of fused-ring (bicyclic) bond motifs is 1. The molecule has 0 aromatic carbocycles. The van der Waals surface area contributed by atoms with Crippen molar-refractivity contribution in [3.05, 3.63) is 28.8 Å². The van der Waals surface area contributed by atoms with Gasteiger partial charge in [-0.3, -0.25) is 9.59 Å². The van der Waals surface area contributed by atoms with E-state index in [0.717, 1.165) is 39.0 Å². The van der Waals surface area contributed by atoms with Crippen molar-refractivity contribution in [3.8, 4) is 0 Å². The number of likely N-dealkylation sites (N-methyl/N-ethyl adjacent to an activating group) is 1.